The second kappa shape index (κ2) is 57.7. The van der Waals surface area contributed by atoms with Gasteiger partial charge in [0, 0.05) is 19.3 Å². The zero-order chi connectivity index (χ0) is 51.8. The highest BCUT2D eigenvalue weighted by atomic mass is 16.6. The van der Waals surface area contributed by atoms with E-state index in [2.05, 4.69) is 34.6 Å². The van der Waals surface area contributed by atoms with Crippen LogP contribution in [-0.4, -0.2) is 37.2 Å². The van der Waals surface area contributed by atoms with Crippen LogP contribution in [-0.2, 0) is 28.6 Å². The zero-order valence-corrected chi connectivity index (χ0v) is 48.9. The van der Waals surface area contributed by atoms with Gasteiger partial charge in [0.25, 0.3) is 0 Å². The molecule has 0 aromatic rings. The van der Waals surface area contributed by atoms with Gasteiger partial charge in [0.15, 0.2) is 6.10 Å². The molecule has 1 atom stereocenters. The van der Waals surface area contributed by atoms with Crippen LogP contribution >= 0.6 is 0 Å². The Morgan fingerprint density at radius 1 is 0.268 bits per heavy atom. The molecular formula is C65H126O6. The number of carbonyl (C=O) groups is 3. The molecular weight excluding hydrogens is 877 g/mol. The Labute approximate surface area is 444 Å². The second-order valence-electron chi connectivity index (χ2n) is 23.4. The summed E-state index contributed by atoms with van der Waals surface area (Å²) in [7, 11) is 0. The van der Waals surface area contributed by atoms with Crippen LogP contribution in [0.2, 0.25) is 0 Å². The van der Waals surface area contributed by atoms with Gasteiger partial charge in [-0.2, -0.15) is 0 Å². The Morgan fingerprint density at radius 2 is 0.465 bits per heavy atom. The molecule has 71 heavy (non-hydrogen) atoms. The Balaban J connectivity index is 4.26. The molecule has 0 bridgehead atoms. The third-order valence-electron chi connectivity index (χ3n) is 15.0. The first-order valence-corrected chi connectivity index (χ1v) is 32.2. The summed E-state index contributed by atoms with van der Waals surface area (Å²) in [5.74, 6) is 0.877. The van der Waals surface area contributed by atoms with Gasteiger partial charge in [-0.1, -0.05) is 330 Å². The van der Waals surface area contributed by atoms with Gasteiger partial charge in [0.2, 0.25) is 0 Å². The van der Waals surface area contributed by atoms with Gasteiger partial charge in [-0.15, -0.1) is 0 Å². The predicted molar refractivity (Wildman–Crippen MR) is 307 cm³/mol. The molecule has 0 spiro atoms. The summed E-state index contributed by atoms with van der Waals surface area (Å²) in [4.78, 5) is 38.3. The number of unbranched alkanes of at least 4 members (excludes halogenated alkanes) is 44. The lowest BCUT2D eigenvalue weighted by molar-refractivity contribution is -0.167. The van der Waals surface area contributed by atoms with E-state index in [-0.39, 0.29) is 31.1 Å². The van der Waals surface area contributed by atoms with E-state index in [1.165, 1.54) is 257 Å². The maximum absolute atomic E-state index is 12.9. The van der Waals surface area contributed by atoms with Crippen molar-refractivity contribution in [2.75, 3.05) is 13.2 Å². The minimum Gasteiger partial charge on any atom is -0.462 e. The summed E-state index contributed by atoms with van der Waals surface area (Å²) in [5.41, 5.74) is 0. The number of carbonyl (C=O) groups excluding carboxylic acids is 3. The molecule has 0 saturated carbocycles. The van der Waals surface area contributed by atoms with Crippen molar-refractivity contribution < 1.29 is 28.6 Å². The quantitative estimate of drug-likeness (QED) is 0.0343. The van der Waals surface area contributed by atoms with E-state index in [1.54, 1.807) is 0 Å². The van der Waals surface area contributed by atoms with Gasteiger partial charge in [-0.25, -0.2) is 0 Å². The maximum Gasteiger partial charge on any atom is 0.306 e. The summed E-state index contributed by atoms with van der Waals surface area (Å²) in [6, 6.07) is 0. The topological polar surface area (TPSA) is 78.9 Å². The molecule has 0 aromatic heterocycles. The zero-order valence-electron chi connectivity index (χ0n) is 48.9. The Morgan fingerprint density at radius 3 is 0.690 bits per heavy atom. The SMILES string of the molecule is CCCCCCCCCCCCCCCCC(=O)OC[C@H](COC(=O)CCCCCCCCCCCCCCCCCC(C)C)OC(=O)CCCCCCCCCCCCCCCCCCCCC(C)C. The minimum absolute atomic E-state index is 0.0617. The minimum atomic E-state index is -0.763. The standard InChI is InChI=1S/C65H126O6/c1-6-7-8-9-10-11-12-13-25-30-35-40-45-50-55-63(66)69-58-62(59-70-64(67)56-51-46-41-36-31-26-22-18-20-24-29-34-39-44-49-54-61(4)5)71-65(68)57-52-47-42-37-32-27-21-17-15-14-16-19-23-28-33-38-43-48-53-60(2)3/h60-62H,6-59H2,1-5H3/t62-/m1/s1. The Hall–Kier alpha value is -1.59. The largest absolute Gasteiger partial charge is 0.462 e. The van der Waals surface area contributed by atoms with Gasteiger partial charge < -0.3 is 14.2 Å². The van der Waals surface area contributed by atoms with Crippen molar-refractivity contribution in [3.8, 4) is 0 Å². The normalized spacial score (nSPS) is 12.0. The smallest absolute Gasteiger partial charge is 0.306 e. The molecule has 0 aliphatic rings. The molecule has 0 radical (unpaired) electrons. The first-order chi connectivity index (χ1) is 34.7. The Bertz CT molecular complexity index is 1090. The van der Waals surface area contributed by atoms with Gasteiger partial charge in [-0.3, -0.25) is 14.4 Å². The highest BCUT2D eigenvalue weighted by Crippen LogP contribution is 2.19. The third-order valence-corrected chi connectivity index (χ3v) is 15.0. The van der Waals surface area contributed by atoms with E-state index in [0.717, 1.165) is 69.6 Å². The van der Waals surface area contributed by atoms with Crippen molar-refractivity contribution in [2.45, 2.75) is 375 Å². The van der Waals surface area contributed by atoms with Crippen LogP contribution in [0.1, 0.15) is 369 Å². The van der Waals surface area contributed by atoms with E-state index in [9.17, 15) is 14.4 Å². The molecule has 0 unspecified atom stereocenters. The third kappa shape index (κ3) is 59.2. The van der Waals surface area contributed by atoms with Crippen molar-refractivity contribution in [1.29, 1.82) is 0 Å². The molecule has 0 aromatic carbocycles. The molecule has 422 valence electrons. The Kier molecular flexibility index (Phi) is 56.4. The van der Waals surface area contributed by atoms with Crippen LogP contribution in [0.3, 0.4) is 0 Å². The van der Waals surface area contributed by atoms with Crippen LogP contribution in [0.5, 0.6) is 0 Å². The molecule has 0 aliphatic carbocycles. The number of hydrogen-bond donors (Lipinski definition) is 0. The highest BCUT2D eigenvalue weighted by Gasteiger charge is 2.19. The molecule has 0 fully saturated rings. The molecule has 0 amide bonds. The van der Waals surface area contributed by atoms with E-state index in [1.807, 2.05) is 0 Å². The van der Waals surface area contributed by atoms with Crippen molar-refractivity contribution in [3.63, 3.8) is 0 Å². The number of esters is 3. The predicted octanol–water partition coefficient (Wildman–Crippen LogP) is 21.6. The fourth-order valence-electron chi connectivity index (χ4n) is 10.1. The average molecular weight is 1000 g/mol. The van der Waals surface area contributed by atoms with Crippen molar-refractivity contribution >= 4 is 17.9 Å². The molecule has 0 saturated heterocycles. The van der Waals surface area contributed by atoms with E-state index in [4.69, 9.17) is 14.2 Å². The monoisotopic (exact) mass is 1000 g/mol. The molecule has 6 nitrogen and oxygen atoms in total. The van der Waals surface area contributed by atoms with Crippen molar-refractivity contribution in [1.82, 2.24) is 0 Å². The van der Waals surface area contributed by atoms with Crippen LogP contribution in [0.25, 0.3) is 0 Å². The molecule has 0 aliphatic heterocycles. The molecule has 0 rings (SSSR count). The fourth-order valence-corrected chi connectivity index (χ4v) is 10.1. The highest BCUT2D eigenvalue weighted by molar-refractivity contribution is 5.71. The summed E-state index contributed by atoms with van der Waals surface area (Å²) in [5, 5.41) is 0. The van der Waals surface area contributed by atoms with E-state index < -0.39 is 6.10 Å². The van der Waals surface area contributed by atoms with Crippen LogP contribution in [0.15, 0.2) is 0 Å². The van der Waals surface area contributed by atoms with E-state index >= 15 is 0 Å². The molecule has 0 heterocycles. The van der Waals surface area contributed by atoms with E-state index in [0.29, 0.717) is 19.3 Å². The second-order valence-corrected chi connectivity index (χ2v) is 23.4. The van der Waals surface area contributed by atoms with Crippen LogP contribution < -0.4 is 0 Å². The maximum atomic E-state index is 12.9. The van der Waals surface area contributed by atoms with Gasteiger partial charge >= 0.3 is 17.9 Å². The number of ether oxygens (including phenoxy) is 3. The summed E-state index contributed by atoms with van der Waals surface area (Å²) in [6.45, 7) is 11.5. The van der Waals surface area contributed by atoms with Crippen LogP contribution in [0.4, 0.5) is 0 Å². The van der Waals surface area contributed by atoms with Gasteiger partial charge in [0.1, 0.15) is 13.2 Å². The van der Waals surface area contributed by atoms with Gasteiger partial charge in [0.05, 0.1) is 0 Å². The van der Waals surface area contributed by atoms with Crippen LogP contribution in [0, 0.1) is 11.8 Å². The van der Waals surface area contributed by atoms with Crippen molar-refractivity contribution in [2.24, 2.45) is 11.8 Å². The van der Waals surface area contributed by atoms with Gasteiger partial charge in [-0.05, 0) is 31.1 Å². The average Bonchev–Trinajstić information content (AvgIpc) is 3.35. The summed E-state index contributed by atoms with van der Waals surface area (Å²) < 4.78 is 17.0. The lowest BCUT2D eigenvalue weighted by atomic mass is 10.0. The number of rotatable bonds is 59. The lowest BCUT2D eigenvalue weighted by Gasteiger charge is -2.18. The summed E-state index contributed by atoms with van der Waals surface area (Å²) >= 11 is 0. The molecule has 0 N–H and O–H groups in total. The fraction of sp³-hybridized carbons (Fsp3) is 0.954. The number of hydrogen-bond acceptors (Lipinski definition) is 6. The van der Waals surface area contributed by atoms with Crippen molar-refractivity contribution in [3.05, 3.63) is 0 Å². The first kappa shape index (κ1) is 69.4. The molecule has 6 heteroatoms. The lowest BCUT2D eigenvalue weighted by Crippen LogP contribution is -2.30. The first-order valence-electron chi connectivity index (χ1n) is 32.2. The summed E-state index contributed by atoms with van der Waals surface area (Å²) in [6.07, 6.45) is 63.9.